The van der Waals surface area contributed by atoms with Gasteiger partial charge < -0.3 is 10.1 Å². The molecule has 0 bridgehead atoms. The molecule has 1 atom stereocenters. The Morgan fingerprint density at radius 2 is 1.74 bits per heavy atom. The van der Waals surface area contributed by atoms with Gasteiger partial charge in [0.2, 0.25) is 5.44 Å². The fraction of sp³-hybridized carbons (Fsp3) is 0.222. The summed E-state index contributed by atoms with van der Waals surface area (Å²) in [6, 6.07) is 17.3. The minimum Gasteiger partial charge on any atom is -0.441 e. The molecule has 0 saturated carbocycles. The summed E-state index contributed by atoms with van der Waals surface area (Å²) < 4.78 is 5.15. The number of carbonyl (C=O) groups excluding carboxylic acids is 2. The number of amides is 1. The fourth-order valence-electron chi connectivity index (χ4n) is 1.89. The van der Waals surface area contributed by atoms with Crippen molar-refractivity contribution >= 4 is 23.6 Å². The molecule has 0 heterocycles. The first-order valence-corrected chi connectivity index (χ1v) is 8.15. The highest BCUT2D eigenvalue weighted by Gasteiger charge is 2.22. The second kappa shape index (κ2) is 8.39. The van der Waals surface area contributed by atoms with E-state index in [0.717, 1.165) is 16.0 Å². The van der Waals surface area contributed by atoms with Crippen LogP contribution >= 0.6 is 11.8 Å². The largest absolute Gasteiger partial charge is 0.441 e. The minimum atomic E-state index is -0.904. The number of benzene rings is 2. The highest BCUT2D eigenvalue weighted by atomic mass is 32.2. The van der Waals surface area contributed by atoms with E-state index >= 15 is 0 Å². The molecular formula is C18H19NO3S. The lowest BCUT2D eigenvalue weighted by Crippen LogP contribution is -2.35. The summed E-state index contributed by atoms with van der Waals surface area (Å²) in [5, 5.41) is 2.80. The molecule has 2 aromatic rings. The Kier molecular flexibility index (Phi) is 6.23. The zero-order valence-corrected chi connectivity index (χ0v) is 13.9. The van der Waals surface area contributed by atoms with Crippen LogP contribution in [-0.2, 0) is 20.9 Å². The van der Waals surface area contributed by atoms with Crippen molar-refractivity contribution < 1.29 is 14.3 Å². The van der Waals surface area contributed by atoms with Gasteiger partial charge in [-0.25, -0.2) is 0 Å². The van der Waals surface area contributed by atoms with Crippen molar-refractivity contribution in [2.45, 2.75) is 30.7 Å². The third kappa shape index (κ3) is 5.79. The number of carbonyl (C=O) groups is 2. The second-order valence-corrected chi connectivity index (χ2v) is 6.21. The standard InChI is InChI=1S/C18H19NO3S/c1-13-8-10-16(11-9-13)23-18(22-14(2)20)17(21)19-12-15-6-4-3-5-7-15/h3-11,18H,12H2,1-2H3,(H,19,21). The van der Waals surface area contributed by atoms with Crippen molar-refractivity contribution in [2.75, 3.05) is 0 Å². The van der Waals surface area contributed by atoms with Crippen LogP contribution in [0.15, 0.2) is 59.5 Å². The lowest BCUT2D eigenvalue weighted by Gasteiger charge is -2.16. The SMILES string of the molecule is CC(=O)OC(Sc1ccc(C)cc1)C(=O)NCc1ccccc1. The summed E-state index contributed by atoms with van der Waals surface area (Å²) in [6.07, 6.45) is 0. The lowest BCUT2D eigenvalue weighted by molar-refractivity contribution is -0.148. The number of thioether (sulfide) groups is 1. The molecule has 1 N–H and O–H groups in total. The van der Waals surface area contributed by atoms with Gasteiger partial charge in [-0.05, 0) is 24.6 Å². The maximum absolute atomic E-state index is 12.3. The maximum atomic E-state index is 12.3. The third-order valence-corrected chi connectivity index (χ3v) is 4.13. The molecule has 0 radical (unpaired) electrons. The maximum Gasteiger partial charge on any atom is 0.304 e. The number of aryl methyl sites for hydroxylation is 1. The Bertz CT molecular complexity index is 656. The molecule has 23 heavy (non-hydrogen) atoms. The second-order valence-electron chi connectivity index (χ2n) is 5.08. The van der Waals surface area contributed by atoms with Crippen LogP contribution in [0.2, 0.25) is 0 Å². The van der Waals surface area contributed by atoms with E-state index < -0.39 is 11.4 Å². The molecule has 0 saturated heterocycles. The zero-order chi connectivity index (χ0) is 16.7. The van der Waals surface area contributed by atoms with Gasteiger partial charge in [-0.3, -0.25) is 9.59 Å². The number of nitrogens with one attached hydrogen (secondary N) is 1. The average molecular weight is 329 g/mol. The Labute approximate surface area is 140 Å². The molecule has 5 heteroatoms. The number of esters is 1. The first kappa shape index (κ1) is 17.1. The Morgan fingerprint density at radius 3 is 2.35 bits per heavy atom. The van der Waals surface area contributed by atoms with E-state index in [-0.39, 0.29) is 5.91 Å². The molecule has 0 aliphatic carbocycles. The Hall–Kier alpha value is -2.27. The van der Waals surface area contributed by atoms with Crippen LogP contribution in [-0.4, -0.2) is 17.3 Å². The van der Waals surface area contributed by atoms with Gasteiger partial charge in [0.25, 0.3) is 5.91 Å². The van der Waals surface area contributed by atoms with Gasteiger partial charge in [0.05, 0.1) is 0 Å². The van der Waals surface area contributed by atoms with Gasteiger partial charge in [0, 0.05) is 18.4 Å². The van der Waals surface area contributed by atoms with Gasteiger partial charge in [0.15, 0.2) is 0 Å². The lowest BCUT2D eigenvalue weighted by atomic mass is 10.2. The molecular weight excluding hydrogens is 310 g/mol. The first-order chi connectivity index (χ1) is 11.0. The van der Waals surface area contributed by atoms with E-state index in [9.17, 15) is 9.59 Å². The first-order valence-electron chi connectivity index (χ1n) is 7.27. The summed E-state index contributed by atoms with van der Waals surface area (Å²) in [4.78, 5) is 24.4. The number of hydrogen-bond acceptors (Lipinski definition) is 4. The molecule has 1 amide bonds. The van der Waals surface area contributed by atoms with Gasteiger partial charge in [-0.15, -0.1) is 0 Å². The summed E-state index contributed by atoms with van der Waals surface area (Å²) in [5.74, 6) is -0.806. The van der Waals surface area contributed by atoms with Crippen LogP contribution in [0.1, 0.15) is 18.1 Å². The molecule has 2 aromatic carbocycles. The predicted octanol–water partition coefficient (Wildman–Crippen LogP) is 3.29. The monoisotopic (exact) mass is 329 g/mol. The summed E-state index contributed by atoms with van der Waals surface area (Å²) in [6.45, 7) is 3.68. The topological polar surface area (TPSA) is 55.4 Å². The van der Waals surface area contributed by atoms with E-state index in [1.165, 1.54) is 18.7 Å². The number of hydrogen-bond donors (Lipinski definition) is 1. The van der Waals surface area contributed by atoms with Gasteiger partial charge in [0.1, 0.15) is 0 Å². The van der Waals surface area contributed by atoms with Crippen LogP contribution < -0.4 is 5.32 Å². The molecule has 0 aliphatic heterocycles. The van der Waals surface area contributed by atoms with Crippen molar-refractivity contribution in [2.24, 2.45) is 0 Å². The van der Waals surface area contributed by atoms with Crippen molar-refractivity contribution in [1.82, 2.24) is 5.32 Å². The van der Waals surface area contributed by atoms with E-state index in [1.54, 1.807) is 0 Å². The quantitative estimate of drug-likeness (QED) is 0.502. The van der Waals surface area contributed by atoms with E-state index in [0.29, 0.717) is 6.54 Å². The Morgan fingerprint density at radius 1 is 1.09 bits per heavy atom. The van der Waals surface area contributed by atoms with Gasteiger partial charge in [-0.2, -0.15) is 0 Å². The van der Waals surface area contributed by atoms with Gasteiger partial charge >= 0.3 is 5.97 Å². The molecule has 0 spiro atoms. The highest BCUT2D eigenvalue weighted by Crippen LogP contribution is 2.25. The van der Waals surface area contributed by atoms with Crippen LogP contribution in [0.25, 0.3) is 0 Å². The van der Waals surface area contributed by atoms with Crippen LogP contribution in [0, 0.1) is 6.92 Å². The molecule has 120 valence electrons. The van der Waals surface area contributed by atoms with Crippen molar-refractivity contribution in [1.29, 1.82) is 0 Å². The minimum absolute atomic E-state index is 0.324. The summed E-state index contributed by atoms with van der Waals surface area (Å²) in [7, 11) is 0. The molecule has 1 unspecified atom stereocenters. The summed E-state index contributed by atoms with van der Waals surface area (Å²) >= 11 is 1.21. The molecule has 0 fully saturated rings. The molecule has 2 rings (SSSR count). The summed E-state index contributed by atoms with van der Waals surface area (Å²) in [5.41, 5.74) is 1.22. The predicted molar refractivity (Wildman–Crippen MR) is 90.9 cm³/mol. The molecule has 0 aliphatic rings. The van der Waals surface area contributed by atoms with Crippen molar-refractivity contribution in [3.8, 4) is 0 Å². The van der Waals surface area contributed by atoms with Crippen LogP contribution in [0.3, 0.4) is 0 Å². The van der Waals surface area contributed by atoms with Crippen LogP contribution in [0.4, 0.5) is 0 Å². The number of rotatable bonds is 6. The normalized spacial score (nSPS) is 11.6. The van der Waals surface area contributed by atoms with E-state index in [2.05, 4.69) is 5.32 Å². The van der Waals surface area contributed by atoms with Crippen LogP contribution in [0.5, 0.6) is 0 Å². The molecule has 4 nitrogen and oxygen atoms in total. The Balaban J connectivity index is 2.00. The van der Waals surface area contributed by atoms with Crippen molar-refractivity contribution in [3.63, 3.8) is 0 Å². The number of ether oxygens (including phenoxy) is 1. The smallest absolute Gasteiger partial charge is 0.304 e. The van der Waals surface area contributed by atoms with E-state index in [4.69, 9.17) is 4.74 Å². The highest BCUT2D eigenvalue weighted by molar-refractivity contribution is 8.00. The average Bonchev–Trinajstić information content (AvgIpc) is 2.54. The molecule has 0 aromatic heterocycles. The van der Waals surface area contributed by atoms with E-state index in [1.807, 2.05) is 61.5 Å². The van der Waals surface area contributed by atoms with Gasteiger partial charge in [-0.1, -0.05) is 59.8 Å². The zero-order valence-electron chi connectivity index (χ0n) is 13.1. The van der Waals surface area contributed by atoms with Crippen molar-refractivity contribution in [3.05, 3.63) is 65.7 Å². The fourth-order valence-corrected chi connectivity index (χ4v) is 2.81. The third-order valence-electron chi connectivity index (χ3n) is 3.06.